The Kier molecular flexibility index (Phi) is 9.68. The van der Waals surface area contributed by atoms with Gasteiger partial charge in [0.15, 0.2) is 0 Å². The van der Waals surface area contributed by atoms with Gasteiger partial charge in [0.2, 0.25) is 0 Å². The average molecular weight is 474 g/mol. The number of allylic oxidation sites excluding steroid dienone is 2. The molecule has 2 aliphatic heterocycles. The number of cyclic esters (lactones) is 1. The fourth-order valence-corrected chi connectivity index (χ4v) is 4.71. The lowest BCUT2D eigenvalue weighted by molar-refractivity contribution is -0.152. The van der Waals surface area contributed by atoms with E-state index in [-0.39, 0.29) is 54.2 Å². The normalized spacial score (nSPS) is 37.6. The topological polar surface area (TPSA) is 78.9 Å². The maximum atomic E-state index is 12.5. The summed E-state index contributed by atoms with van der Waals surface area (Å²) in [5.74, 6) is -1.05. The van der Waals surface area contributed by atoms with Gasteiger partial charge in [0, 0.05) is 24.8 Å². The van der Waals surface area contributed by atoms with Crippen LogP contribution in [0.5, 0.6) is 0 Å². The third-order valence-corrected chi connectivity index (χ3v) is 6.31. The van der Waals surface area contributed by atoms with Crippen molar-refractivity contribution >= 4 is 17.7 Å². The molecule has 180 valence electrons. The Balaban J connectivity index is 2.26. The fourth-order valence-electron chi connectivity index (χ4n) is 4.71. The van der Waals surface area contributed by atoms with Gasteiger partial charge in [-0.3, -0.25) is 9.59 Å². The number of Topliss-reactive ketones (excluding diaryl/α,β-unsaturated/α-hetero) is 1. The Bertz CT molecular complexity index is 739. The molecular formula is C26H40O6. The van der Waals surface area contributed by atoms with E-state index in [1.54, 1.807) is 6.08 Å². The smallest absolute Gasteiger partial charge is 0.330 e. The molecule has 0 saturated carbocycles. The molecule has 0 bridgehead atoms. The van der Waals surface area contributed by atoms with E-state index < -0.39 is 12.1 Å². The van der Waals surface area contributed by atoms with Gasteiger partial charge in [0.25, 0.3) is 0 Å². The van der Waals surface area contributed by atoms with Crippen molar-refractivity contribution in [1.82, 2.24) is 0 Å². The van der Waals surface area contributed by atoms with Crippen LogP contribution in [0.1, 0.15) is 86.5 Å². The van der Waals surface area contributed by atoms with Crippen molar-refractivity contribution in [3.63, 3.8) is 0 Å². The second-order valence-electron chi connectivity index (χ2n) is 9.92. The zero-order valence-electron chi connectivity index (χ0n) is 20.5. The first-order valence-electron chi connectivity index (χ1n) is 11.9. The second-order valence-corrected chi connectivity index (χ2v) is 9.92. The van der Waals surface area contributed by atoms with Gasteiger partial charge in [-0.05, 0) is 46.0 Å². The van der Waals surface area contributed by atoms with Crippen LogP contribution in [0.15, 0.2) is 23.8 Å². The maximum absolute atomic E-state index is 12.5. The molecule has 0 aromatic carbocycles. The lowest BCUT2D eigenvalue weighted by Gasteiger charge is -2.24. The van der Waals surface area contributed by atoms with Gasteiger partial charge >= 0.3 is 11.9 Å². The summed E-state index contributed by atoms with van der Waals surface area (Å²) >= 11 is 0. The molecule has 0 aromatic heterocycles. The quantitative estimate of drug-likeness (QED) is 0.321. The molecule has 6 atom stereocenters. The summed E-state index contributed by atoms with van der Waals surface area (Å²) in [7, 11) is 0. The number of carbonyl (C=O) groups excluding carboxylic acids is 3. The highest BCUT2D eigenvalue weighted by Gasteiger charge is 2.44. The van der Waals surface area contributed by atoms with Gasteiger partial charge in [-0.1, -0.05) is 44.9 Å². The maximum Gasteiger partial charge on any atom is 0.330 e. The summed E-state index contributed by atoms with van der Waals surface area (Å²) in [6, 6.07) is 0. The Morgan fingerprint density at radius 1 is 1.19 bits per heavy atom. The van der Waals surface area contributed by atoms with Crippen molar-refractivity contribution < 1.29 is 28.6 Å². The van der Waals surface area contributed by atoms with E-state index >= 15 is 0 Å². The molecule has 2 rings (SSSR count). The first kappa shape index (κ1) is 26.3. The van der Waals surface area contributed by atoms with E-state index in [4.69, 9.17) is 14.2 Å². The lowest BCUT2D eigenvalue weighted by atomic mass is 10.9. The van der Waals surface area contributed by atoms with Gasteiger partial charge in [-0.25, -0.2) is 4.79 Å². The molecule has 6 nitrogen and oxygen atoms in total. The predicted molar refractivity (Wildman–Crippen MR) is 123 cm³/mol. The highest BCUT2D eigenvalue weighted by Crippen LogP contribution is 2.38. The third kappa shape index (κ3) is 8.19. The number of rotatable bonds is 4. The van der Waals surface area contributed by atoms with Crippen LogP contribution in [0, 0.1) is 11.8 Å². The number of hydrogen-bond donors (Lipinski definition) is 0. The number of ether oxygens (including phenoxy) is 3. The molecule has 1 fully saturated rings. The standard InChI is InChI=1S/C26H40O6/c1-7-12-26(6)16-23-21(32-26)10-8-17(2)13-19(4)22(15-20(5)27)30-25(29)14-18(3)9-11-24(28)31-23/h9,11,13,18-19,21-23H,7-8,10,12,14-16H2,1-6H3/b11-9+,17-13+/t18-,19-,21+,22+,23-,26-/m1/s1/i1+1,2+1,3+1,4+1,5+1,6+1,7+1,8+1,9+1,10+1,11+1,12+1,13+1,14+1,15+1,16+1,17+1,18+1,19+1,20+1,21+1,22+1,23+1,24+1,25+1,26+1. The zero-order valence-corrected chi connectivity index (χ0v) is 20.5. The van der Waals surface area contributed by atoms with E-state index in [0.29, 0.717) is 6.42 Å². The summed E-state index contributed by atoms with van der Waals surface area (Å²) in [6.07, 6.45) is 8.68. The van der Waals surface area contributed by atoms with Crippen molar-refractivity contribution in [3.8, 4) is 0 Å². The van der Waals surface area contributed by atoms with E-state index in [2.05, 4.69) is 19.9 Å². The van der Waals surface area contributed by atoms with Crippen LogP contribution in [-0.2, 0) is 28.6 Å². The Morgan fingerprint density at radius 3 is 2.56 bits per heavy atom. The minimum atomic E-state index is -0.493. The van der Waals surface area contributed by atoms with E-state index in [1.807, 2.05) is 20.8 Å². The first-order valence-corrected chi connectivity index (χ1v) is 11.9. The molecule has 0 unspecified atom stereocenters. The predicted octanol–water partition coefficient (Wildman–Crippen LogP) is 5.10. The molecule has 0 amide bonds. The Hall–Kier alpha value is -1.95. The first-order chi connectivity index (χ1) is 15.0. The minimum absolute atomic E-state index is 0.0109. The largest absolute Gasteiger partial charge is 0.461 e. The number of hydrogen-bond acceptors (Lipinski definition) is 6. The summed E-state index contributed by atoms with van der Waals surface area (Å²) in [5.41, 5.74) is 0.849. The fraction of sp³-hybridized carbons (Fsp3) is 0.731. The SMILES string of the molecule is [13CH3][13CH2][13CH2][13C@]1([13CH3])[13CH2][13C@H]2O[13C](=O)/[13CH]=[13CH]/[13C@@H]([13CH3])[13CH2][13C](=O)O[13C@@H]([13CH2][13C]([13CH3])=O)[13C@H]([13CH3])/[13CH]=[13C](\[13CH3])[13CH2][13CH2][13C@@H]2O1. The van der Waals surface area contributed by atoms with Gasteiger partial charge in [-0.2, -0.15) is 0 Å². The molecule has 0 spiro atoms. The molecule has 2 aliphatic rings. The molecule has 0 N–H and O–H groups in total. The second kappa shape index (κ2) is 11.8. The Labute approximate surface area is 192 Å². The van der Waals surface area contributed by atoms with Gasteiger partial charge in [0.1, 0.15) is 18.0 Å². The monoisotopic (exact) mass is 474 g/mol. The highest BCUT2D eigenvalue weighted by atomic mass is 16.8. The van der Waals surface area contributed by atoms with Crippen LogP contribution < -0.4 is 0 Å². The van der Waals surface area contributed by atoms with E-state index in [9.17, 15) is 14.4 Å². The van der Waals surface area contributed by atoms with E-state index in [1.165, 1.54) is 13.0 Å². The van der Waals surface area contributed by atoms with Crippen LogP contribution in [0.2, 0.25) is 0 Å². The van der Waals surface area contributed by atoms with Gasteiger partial charge in [-0.15, -0.1) is 0 Å². The van der Waals surface area contributed by atoms with Gasteiger partial charge in [0.05, 0.1) is 18.1 Å². The van der Waals surface area contributed by atoms with Crippen molar-refractivity contribution in [1.29, 1.82) is 0 Å². The number of fused-ring (bicyclic) bond motifs is 1. The van der Waals surface area contributed by atoms with Crippen molar-refractivity contribution in [3.05, 3.63) is 23.8 Å². The molecular weight excluding hydrogens is 434 g/mol. The average Bonchev–Trinajstić information content (AvgIpc) is 2.98. The molecule has 0 aliphatic carbocycles. The van der Waals surface area contributed by atoms with Crippen LogP contribution in [0.25, 0.3) is 0 Å². The minimum Gasteiger partial charge on any atom is -0.461 e. The van der Waals surface area contributed by atoms with Crippen molar-refractivity contribution in [2.75, 3.05) is 0 Å². The molecule has 6 heteroatoms. The summed E-state index contributed by atoms with van der Waals surface area (Å²) in [4.78, 5) is 36.7. The lowest BCUT2D eigenvalue weighted by Crippen LogP contribution is -2.28. The highest BCUT2D eigenvalue weighted by molar-refractivity contribution is 5.82. The number of ketones is 1. The van der Waals surface area contributed by atoms with Crippen LogP contribution in [0.3, 0.4) is 0 Å². The summed E-state index contributed by atoms with van der Waals surface area (Å²) in [5, 5.41) is 0. The summed E-state index contributed by atoms with van der Waals surface area (Å²) < 4.78 is 17.8. The molecule has 1 saturated heterocycles. The summed E-state index contributed by atoms with van der Waals surface area (Å²) in [6.45, 7) is 11.6. The number of carbonyl (C=O) groups is 3. The molecule has 0 aromatic rings. The molecule has 2 heterocycles. The van der Waals surface area contributed by atoms with Crippen LogP contribution >= 0.6 is 0 Å². The van der Waals surface area contributed by atoms with Crippen molar-refractivity contribution in [2.45, 2.75) is 110 Å². The Morgan fingerprint density at radius 2 is 1.91 bits per heavy atom. The van der Waals surface area contributed by atoms with Crippen LogP contribution in [0.4, 0.5) is 0 Å². The molecule has 32 heavy (non-hydrogen) atoms. The number of esters is 2. The zero-order chi connectivity index (χ0) is 23.9. The third-order valence-electron chi connectivity index (χ3n) is 6.31. The van der Waals surface area contributed by atoms with Crippen molar-refractivity contribution in [2.24, 2.45) is 11.8 Å². The van der Waals surface area contributed by atoms with Gasteiger partial charge < -0.3 is 14.2 Å². The van der Waals surface area contributed by atoms with Crippen LogP contribution in [-0.4, -0.2) is 41.6 Å². The van der Waals surface area contributed by atoms with E-state index in [0.717, 1.165) is 31.3 Å². The molecule has 0 radical (unpaired) electrons.